The predicted octanol–water partition coefficient (Wildman–Crippen LogP) is 4.31. The third-order valence-electron chi connectivity index (χ3n) is 7.80. The third kappa shape index (κ3) is 6.67. The summed E-state index contributed by atoms with van der Waals surface area (Å²) in [6.07, 6.45) is 10.8. The Labute approximate surface area is 220 Å². The molecule has 8 heteroatoms. The highest BCUT2D eigenvalue weighted by atomic mass is 16.2. The van der Waals surface area contributed by atoms with Crippen LogP contribution in [0.4, 0.5) is 0 Å². The zero-order valence-electron chi connectivity index (χ0n) is 22.5. The Kier molecular flexibility index (Phi) is 7.49. The lowest BCUT2D eigenvalue weighted by Gasteiger charge is -2.41. The quantitative estimate of drug-likeness (QED) is 0.479. The molecule has 2 aliphatic rings. The number of amides is 1. The Morgan fingerprint density at radius 2 is 1.51 bits per heavy atom. The summed E-state index contributed by atoms with van der Waals surface area (Å²) in [6, 6.07) is 8.15. The molecule has 4 heterocycles. The summed E-state index contributed by atoms with van der Waals surface area (Å²) in [6.45, 7) is 14.3. The van der Waals surface area contributed by atoms with E-state index in [0.717, 1.165) is 62.9 Å². The fourth-order valence-electron chi connectivity index (χ4n) is 5.93. The van der Waals surface area contributed by atoms with Crippen LogP contribution in [0.5, 0.6) is 0 Å². The zero-order valence-corrected chi connectivity index (χ0v) is 22.5. The van der Waals surface area contributed by atoms with Gasteiger partial charge >= 0.3 is 0 Å². The van der Waals surface area contributed by atoms with E-state index in [4.69, 9.17) is 0 Å². The maximum Gasteiger partial charge on any atom is 0.253 e. The molecule has 0 aliphatic carbocycles. The number of benzene rings is 1. The number of hydrogen-bond donors (Lipinski definition) is 2. The Hall–Kier alpha value is -2.97. The Morgan fingerprint density at radius 1 is 0.919 bits per heavy atom. The van der Waals surface area contributed by atoms with E-state index < -0.39 is 0 Å². The molecule has 2 saturated heterocycles. The molecule has 2 aromatic heterocycles. The van der Waals surface area contributed by atoms with E-state index >= 15 is 0 Å². The predicted molar refractivity (Wildman–Crippen MR) is 145 cm³/mol. The van der Waals surface area contributed by atoms with Crippen LogP contribution in [0.25, 0.3) is 0 Å². The number of nitrogens with zero attached hydrogens (tertiary/aromatic N) is 5. The third-order valence-corrected chi connectivity index (χ3v) is 7.80. The highest BCUT2D eigenvalue weighted by molar-refractivity contribution is 5.94. The summed E-state index contributed by atoms with van der Waals surface area (Å²) in [7, 11) is 0. The molecule has 198 valence electrons. The second kappa shape index (κ2) is 10.8. The van der Waals surface area contributed by atoms with Crippen molar-refractivity contribution < 1.29 is 4.79 Å². The maximum atomic E-state index is 13.4. The van der Waals surface area contributed by atoms with Gasteiger partial charge < -0.3 is 19.8 Å². The van der Waals surface area contributed by atoms with Gasteiger partial charge in [-0.05, 0) is 60.9 Å². The molecule has 0 unspecified atom stereocenters. The van der Waals surface area contributed by atoms with E-state index in [9.17, 15) is 4.79 Å². The molecule has 0 bridgehead atoms. The van der Waals surface area contributed by atoms with Crippen LogP contribution >= 0.6 is 0 Å². The number of rotatable bonds is 8. The summed E-state index contributed by atoms with van der Waals surface area (Å²) >= 11 is 0. The number of aromatic amines is 2. The largest absolute Gasteiger partial charge is 0.348 e. The second-order valence-electron chi connectivity index (χ2n) is 12.2. The topological polar surface area (TPSA) is 84.2 Å². The van der Waals surface area contributed by atoms with Crippen molar-refractivity contribution in [1.29, 1.82) is 0 Å². The van der Waals surface area contributed by atoms with Gasteiger partial charge in [0.05, 0.1) is 13.1 Å². The summed E-state index contributed by atoms with van der Waals surface area (Å²) in [5.41, 5.74) is 2.60. The van der Waals surface area contributed by atoms with Crippen LogP contribution in [0.1, 0.15) is 67.6 Å². The van der Waals surface area contributed by atoms with E-state index in [1.54, 1.807) is 12.4 Å². The van der Waals surface area contributed by atoms with Gasteiger partial charge in [-0.2, -0.15) is 0 Å². The first kappa shape index (κ1) is 25.7. The lowest BCUT2D eigenvalue weighted by Crippen LogP contribution is -2.44. The number of hydrogen-bond acceptors (Lipinski definition) is 5. The number of carbonyl (C=O) groups is 1. The molecule has 2 N–H and O–H groups in total. The summed E-state index contributed by atoms with van der Waals surface area (Å²) in [4.78, 5) is 35.5. The van der Waals surface area contributed by atoms with Crippen LogP contribution in [0, 0.1) is 10.8 Å². The van der Waals surface area contributed by atoms with Crippen molar-refractivity contribution in [2.24, 2.45) is 10.8 Å². The number of piperidine rings is 1. The fourth-order valence-corrected chi connectivity index (χ4v) is 5.93. The average molecular weight is 504 g/mol. The lowest BCUT2D eigenvalue weighted by molar-refractivity contribution is 0.0674. The van der Waals surface area contributed by atoms with Crippen molar-refractivity contribution in [3.05, 3.63) is 71.8 Å². The number of H-pyrrole nitrogens is 2. The molecular weight excluding hydrogens is 462 g/mol. The van der Waals surface area contributed by atoms with Gasteiger partial charge in [-0.3, -0.25) is 9.69 Å². The Balaban J connectivity index is 1.17. The normalized spacial score (nSPS) is 18.2. The number of likely N-dealkylation sites (tertiary alicyclic amines) is 2. The van der Waals surface area contributed by atoms with Gasteiger partial charge in [0, 0.05) is 56.5 Å². The van der Waals surface area contributed by atoms with Crippen LogP contribution in [0.2, 0.25) is 0 Å². The van der Waals surface area contributed by atoms with Crippen molar-refractivity contribution in [3.63, 3.8) is 0 Å². The van der Waals surface area contributed by atoms with Crippen molar-refractivity contribution in [3.8, 4) is 0 Å². The van der Waals surface area contributed by atoms with Gasteiger partial charge in [-0.25, -0.2) is 9.97 Å². The fraction of sp³-hybridized carbons (Fsp3) is 0.552. The van der Waals surface area contributed by atoms with Crippen molar-refractivity contribution >= 4 is 5.91 Å². The Bertz CT molecular complexity index is 1090. The molecule has 1 aromatic carbocycles. The first-order chi connectivity index (χ1) is 17.8. The van der Waals surface area contributed by atoms with E-state index in [1.807, 2.05) is 24.5 Å². The highest BCUT2D eigenvalue weighted by Gasteiger charge is 2.42. The molecule has 2 aliphatic heterocycles. The molecule has 1 spiro atoms. The van der Waals surface area contributed by atoms with E-state index in [-0.39, 0.29) is 5.91 Å². The van der Waals surface area contributed by atoms with Crippen LogP contribution in [0.15, 0.2) is 49.1 Å². The molecular formula is C29H41N7O. The van der Waals surface area contributed by atoms with Crippen molar-refractivity contribution in [1.82, 2.24) is 34.6 Å². The van der Waals surface area contributed by atoms with Gasteiger partial charge in [0.2, 0.25) is 0 Å². The minimum atomic E-state index is 0.170. The minimum absolute atomic E-state index is 0.170. The molecule has 8 nitrogen and oxygen atoms in total. The Morgan fingerprint density at radius 3 is 2.05 bits per heavy atom. The monoisotopic (exact) mass is 503 g/mol. The zero-order chi connectivity index (χ0) is 25.9. The van der Waals surface area contributed by atoms with E-state index in [0.29, 0.717) is 23.9 Å². The number of nitrogens with one attached hydrogen (secondary N) is 2. The number of aromatic nitrogens is 4. The van der Waals surface area contributed by atoms with E-state index in [1.165, 1.54) is 18.4 Å². The molecule has 37 heavy (non-hydrogen) atoms. The minimum Gasteiger partial charge on any atom is -0.348 e. The molecule has 0 atom stereocenters. The average Bonchev–Trinajstić information content (AvgIpc) is 3.64. The first-order valence-electron chi connectivity index (χ1n) is 13.6. The smallest absolute Gasteiger partial charge is 0.253 e. The summed E-state index contributed by atoms with van der Waals surface area (Å²) in [5.74, 6) is 2.01. The molecule has 0 saturated carbocycles. The van der Waals surface area contributed by atoms with Gasteiger partial charge in [-0.15, -0.1) is 0 Å². The molecule has 3 aromatic rings. The number of carbonyl (C=O) groups excluding carboxylic acids is 1. The van der Waals surface area contributed by atoms with Crippen LogP contribution in [0.3, 0.4) is 0 Å². The summed E-state index contributed by atoms with van der Waals surface area (Å²) < 4.78 is 0. The molecule has 0 radical (unpaired) electrons. The lowest BCUT2D eigenvalue weighted by atomic mass is 9.77. The summed E-state index contributed by atoms with van der Waals surface area (Å²) in [5, 5.41) is 0. The van der Waals surface area contributed by atoms with E-state index in [2.05, 4.69) is 67.5 Å². The van der Waals surface area contributed by atoms with Gasteiger partial charge in [-0.1, -0.05) is 32.9 Å². The van der Waals surface area contributed by atoms with Crippen LogP contribution in [-0.4, -0.2) is 73.3 Å². The SMILES string of the molecule is CC(C)(C)CN1CCC2(CC1)CCN(C(=O)c1ccc(CN(Cc3ncc[nH]3)Cc3ncc[nH]3)cc1)C2. The van der Waals surface area contributed by atoms with Gasteiger partial charge in [0.15, 0.2) is 0 Å². The van der Waals surface area contributed by atoms with Crippen molar-refractivity contribution in [2.45, 2.75) is 59.7 Å². The van der Waals surface area contributed by atoms with Gasteiger partial charge in [0.25, 0.3) is 5.91 Å². The van der Waals surface area contributed by atoms with Gasteiger partial charge in [0.1, 0.15) is 11.6 Å². The number of imidazole rings is 2. The first-order valence-corrected chi connectivity index (χ1v) is 13.6. The molecule has 2 fully saturated rings. The molecule has 5 rings (SSSR count). The van der Waals surface area contributed by atoms with Crippen molar-refractivity contribution in [2.75, 3.05) is 32.7 Å². The maximum absolute atomic E-state index is 13.4. The highest BCUT2D eigenvalue weighted by Crippen LogP contribution is 2.41. The second-order valence-corrected chi connectivity index (χ2v) is 12.2. The standard InChI is InChI=1S/C29H41N7O/c1-28(2,3)21-34-15-8-29(9-16-34)10-17-36(22-29)27(37)24-6-4-23(5-7-24)18-35(19-25-30-11-12-31-25)20-26-32-13-14-33-26/h4-7,11-14H,8-10,15-22H2,1-3H3,(H,30,31)(H,32,33). The van der Waals surface area contributed by atoms with Crippen LogP contribution in [-0.2, 0) is 19.6 Å². The molecule has 1 amide bonds. The van der Waals surface area contributed by atoms with Crippen LogP contribution < -0.4 is 0 Å².